The highest BCUT2D eigenvalue weighted by Crippen LogP contribution is 2.18. The molecule has 134 valence electrons. The molecule has 2 aromatic rings. The number of carbonyl (C=O) groups is 2. The van der Waals surface area contributed by atoms with Gasteiger partial charge in [0.2, 0.25) is 11.8 Å². The smallest absolute Gasteiger partial charge is 0.228 e. The van der Waals surface area contributed by atoms with E-state index in [1.807, 2.05) is 18.5 Å². The Kier molecular flexibility index (Phi) is 5.96. The molecule has 0 atom stereocenters. The van der Waals surface area contributed by atoms with Crippen molar-refractivity contribution in [3.05, 3.63) is 41.2 Å². The summed E-state index contributed by atoms with van der Waals surface area (Å²) in [5.74, 6) is 0.249. The van der Waals surface area contributed by atoms with Crippen LogP contribution >= 0.6 is 0 Å². The molecule has 0 aliphatic heterocycles. The van der Waals surface area contributed by atoms with Crippen molar-refractivity contribution in [3.63, 3.8) is 0 Å². The lowest BCUT2D eigenvalue weighted by Gasteiger charge is -2.09. The summed E-state index contributed by atoms with van der Waals surface area (Å²) in [5.41, 5.74) is 4.20. The van der Waals surface area contributed by atoms with E-state index in [4.69, 9.17) is 0 Å². The number of hydrogen-bond acceptors (Lipinski definition) is 3. The Morgan fingerprint density at radius 3 is 2.40 bits per heavy atom. The van der Waals surface area contributed by atoms with Crippen molar-refractivity contribution >= 4 is 23.2 Å². The molecule has 0 saturated heterocycles. The molecule has 0 fully saturated rings. The molecule has 0 bridgehead atoms. The standard InChI is InChI=1S/C19H26N4O2/c1-12(2)11-23-14(4)18(13(3)22-23)10-19(25)21-17-8-6-7-16(9-17)20-15(5)24/h6-9,12H,10-11H2,1-5H3,(H,20,24)(H,21,25). The molecule has 0 spiro atoms. The minimum atomic E-state index is -0.146. The van der Waals surface area contributed by atoms with Crippen LogP contribution in [-0.2, 0) is 22.6 Å². The topological polar surface area (TPSA) is 76.0 Å². The van der Waals surface area contributed by atoms with Crippen molar-refractivity contribution in [2.45, 2.75) is 47.6 Å². The number of amides is 2. The summed E-state index contributed by atoms with van der Waals surface area (Å²) in [6, 6.07) is 7.10. The van der Waals surface area contributed by atoms with Gasteiger partial charge >= 0.3 is 0 Å². The number of anilines is 2. The lowest BCUT2D eigenvalue weighted by atomic mass is 10.1. The van der Waals surface area contributed by atoms with Gasteiger partial charge in [-0.1, -0.05) is 19.9 Å². The fourth-order valence-corrected chi connectivity index (χ4v) is 2.76. The number of hydrogen-bond donors (Lipinski definition) is 2. The zero-order valence-electron chi connectivity index (χ0n) is 15.5. The molecule has 1 aromatic carbocycles. The Morgan fingerprint density at radius 2 is 1.80 bits per heavy atom. The van der Waals surface area contributed by atoms with Crippen LogP contribution in [0.3, 0.4) is 0 Å². The number of aryl methyl sites for hydroxylation is 1. The van der Waals surface area contributed by atoms with Gasteiger partial charge in [-0.25, -0.2) is 0 Å². The van der Waals surface area contributed by atoms with E-state index in [1.54, 1.807) is 24.3 Å². The predicted octanol–water partition coefficient (Wildman–Crippen LogP) is 3.30. The van der Waals surface area contributed by atoms with Gasteiger partial charge in [0, 0.05) is 36.1 Å². The van der Waals surface area contributed by atoms with Gasteiger partial charge in [0.1, 0.15) is 0 Å². The maximum absolute atomic E-state index is 12.4. The lowest BCUT2D eigenvalue weighted by Crippen LogP contribution is -2.16. The van der Waals surface area contributed by atoms with Crippen molar-refractivity contribution in [3.8, 4) is 0 Å². The lowest BCUT2D eigenvalue weighted by molar-refractivity contribution is -0.116. The van der Waals surface area contributed by atoms with Gasteiger partial charge in [0.05, 0.1) is 12.1 Å². The van der Waals surface area contributed by atoms with Crippen LogP contribution in [0.5, 0.6) is 0 Å². The van der Waals surface area contributed by atoms with E-state index in [0.717, 1.165) is 23.5 Å². The molecule has 2 rings (SSSR count). The van der Waals surface area contributed by atoms with Gasteiger partial charge in [-0.3, -0.25) is 14.3 Å². The van der Waals surface area contributed by atoms with E-state index in [2.05, 4.69) is 29.6 Å². The van der Waals surface area contributed by atoms with Gasteiger partial charge < -0.3 is 10.6 Å². The van der Waals surface area contributed by atoms with Crippen molar-refractivity contribution in [2.24, 2.45) is 5.92 Å². The summed E-state index contributed by atoms with van der Waals surface area (Å²) in [5, 5.41) is 10.1. The maximum atomic E-state index is 12.4. The first-order chi connectivity index (χ1) is 11.8. The monoisotopic (exact) mass is 342 g/mol. The first kappa shape index (κ1) is 18.7. The van der Waals surface area contributed by atoms with Crippen molar-refractivity contribution in [1.29, 1.82) is 0 Å². The van der Waals surface area contributed by atoms with Crippen LogP contribution < -0.4 is 10.6 Å². The van der Waals surface area contributed by atoms with Crippen molar-refractivity contribution in [1.82, 2.24) is 9.78 Å². The average Bonchev–Trinajstić information content (AvgIpc) is 2.74. The van der Waals surface area contributed by atoms with Crippen LogP contribution in [0, 0.1) is 19.8 Å². The van der Waals surface area contributed by atoms with Crippen LogP contribution in [-0.4, -0.2) is 21.6 Å². The fourth-order valence-electron chi connectivity index (χ4n) is 2.76. The fraction of sp³-hybridized carbons (Fsp3) is 0.421. The van der Waals surface area contributed by atoms with E-state index in [9.17, 15) is 9.59 Å². The minimum Gasteiger partial charge on any atom is -0.326 e. The number of benzene rings is 1. The predicted molar refractivity (Wildman–Crippen MR) is 99.6 cm³/mol. The van der Waals surface area contributed by atoms with Crippen LogP contribution in [0.4, 0.5) is 11.4 Å². The minimum absolute atomic E-state index is 0.102. The zero-order chi connectivity index (χ0) is 18.6. The summed E-state index contributed by atoms with van der Waals surface area (Å²) < 4.78 is 1.97. The number of nitrogens with one attached hydrogen (secondary N) is 2. The number of carbonyl (C=O) groups excluding carboxylic acids is 2. The first-order valence-electron chi connectivity index (χ1n) is 8.46. The summed E-state index contributed by atoms with van der Waals surface area (Å²) in [6.45, 7) is 10.5. The Labute approximate surface area is 148 Å². The second-order valence-electron chi connectivity index (χ2n) is 6.71. The van der Waals surface area contributed by atoms with Gasteiger partial charge in [-0.15, -0.1) is 0 Å². The molecule has 0 saturated carbocycles. The summed E-state index contributed by atoms with van der Waals surface area (Å²) >= 11 is 0. The number of rotatable bonds is 6. The second kappa shape index (κ2) is 7.96. The zero-order valence-corrected chi connectivity index (χ0v) is 15.5. The highest BCUT2D eigenvalue weighted by molar-refractivity contribution is 5.94. The van der Waals surface area contributed by atoms with Crippen LogP contribution in [0.1, 0.15) is 37.7 Å². The third-order valence-corrected chi connectivity index (χ3v) is 3.87. The van der Waals surface area contributed by atoms with Gasteiger partial charge in [-0.05, 0) is 38.0 Å². The largest absolute Gasteiger partial charge is 0.326 e. The summed E-state index contributed by atoms with van der Waals surface area (Å²) in [6.07, 6.45) is 0.278. The number of nitrogens with zero attached hydrogens (tertiary/aromatic N) is 2. The maximum Gasteiger partial charge on any atom is 0.228 e. The summed E-state index contributed by atoms with van der Waals surface area (Å²) in [4.78, 5) is 23.5. The molecule has 25 heavy (non-hydrogen) atoms. The highest BCUT2D eigenvalue weighted by atomic mass is 16.2. The second-order valence-corrected chi connectivity index (χ2v) is 6.71. The summed E-state index contributed by atoms with van der Waals surface area (Å²) in [7, 11) is 0. The third-order valence-electron chi connectivity index (χ3n) is 3.87. The molecule has 0 radical (unpaired) electrons. The van der Waals surface area contributed by atoms with Gasteiger partial charge in [-0.2, -0.15) is 5.10 Å². The van der Waals surface area contributed by atoms with E-state index in [1.165, 1.54) is 6.92 Å². The van der Waals surface area contributed by atoms with Gasteiger partial charge in [0.15, 0.2) is 0 Å². The van der Waals surface area contributed by atoms with E-state index < -0.39 is 0 Å². The number of aromatic nitrogens is 2. The van der Waals surface area contributed by atoms with Gasteiger partial charge in [0.25, 0.3) is 0 Å². The van der Waals surface area contributed by atoms with Crippen LogP contribution in [0.15, 0.2) is 24.3 Å². The SMILES string of the molecule is CC(=O)Nc1cccc(NC(=O)Cc2c(C)nn(CC(C)C)c2C)c1. The quantitative estimate of drug-likeness (QED) is 0.846. The molecule has 0 unspecified atom stereocenters. The third kappa shape index (κ3) is 5.17. The van der Waals surface area contributed by atoms with Crippen molar-refractivity contribution < 1.29 is 9.59 Å². The molecular weight excluding hydrogens is 316 g/mol. The molecule has 6 heteroatoms. The molecule has 6 nitrogen and oxygen atoms in total. The van der Waals surface area contributed by atoms with Crippen molar-refractivity contribution in [2.75, 3.05) is 10.6 Å². The first-order valence-corrected chi connectivity index (χ1v) is 8.46. The Bertz CT molecular complexity index is 778. The molecule has 0 aliphatic rings. The highest BCUT2D eigenvalue weighted by Gasteiger charge is 2.15. The molecular formula is C19H26N4O2. The van der Waals surface area contributed by atoms with E-state index >= 15 is 0 Å². The van der Waals surface area contributed by atoms with E-state index in [-0.39, 0.29) is 18.2 Å². The Morgan fingerprint density at radius 1 is 1.16 bits per heavy atom. The molecule has 2 amide bonds. The van der Waals surface area contributed by atoms with Crippen LogP contribution in [0.2, 0.25) is 0 Å². The molecule has 1 heterocycles. The molecule has 0 aliphatic carbocycles. The molecule has 2 N–H and O–H groups in total. The normalized spacial score (nSPS) is 10.8. The molecule has 1 aromatic heterocycles. The Hall–Kier alpha value is -2.63. The van der Waals surface area contributed by atoms with Crippen LogP contribution in [0.25, 0.3) is 0 Å². The van der Waals surface area contributed by atoms with E-state index in [0.29, 0.717) is 17.3 Å². The Balaban J connectivity index is 2.08. The average molecular weight is 342 g/mol.